The molecule has 0 spiro atoms. The maximum absolute atomic E-state index is 11.6. The van der Waals surface area contributed by atoms with E-state index in [2.05, 4.69) is 5.10 Å². The average molecular weight is 259 g/mol. The van der Waals surface area contributed by atoms with Crippen molar-refractivity contribution in [1.82, 2.24) is 0 Å². The topological polar surface area (TPSA) is 41.9 Å². The largest absolute Gasteiger partial charge is 0.469 e. The molecular weight excluding hydrogens is 251 g/mol. The maximum atomic E-state index is 11.6. The van der Waals surface area contributed by atoms with Crippen LogP contribution in [-0.2, 0) is 9.53 Å². The van der Waals surface area contributed by atoms with E-state index in [1.165, 1.54) is 5.01 Å². The Kier molecular flexibility index (Phi) is 3.31. The van der Waals surface area contributed by atoms with Crippen LogP contribution in [0, 0.1) is 0 Å². The number of anilines is 1. The van der Waals surface area contributed by atoms with E-state index < -0.39 is 0 Å². The molecule has 0 bridgehead atoms. The SMILES string of the molecule is O=C1COC(CCl)=NN1c1cccc(Cl)c1. The molecule has 16 heavy (non-hydrogen) atoms. The van der Waals surface area contributed by atoms with Gasteiger partial charge in [-0.15, -0.1) is 16.7 Å². The Morgan fingerprint density at radius 3 is 3.00 bits per heavy atom. The van der Waals surface area contributed by atoms with Crippen LogP contribution < -0.4 is 5.01 Å². The van der Waals surface area contributed by atoms with E-state index in [-0.39, 0.29) is 18.4 Å². The molecule has 1 heterocycles. The van der Waals surface area contributed by atoms with Gasteiger partial charge in [0.1, 0.15) is 5.88 Å². The van der Waals surface area contributed by atoms with Gasteiger partial charge in [0.2, 0.25) is 5.90 Å². The van der Waals surface area contributed by atoms with Crippen LogP contribution >= 0.6 is 23.2 Å². The predicted molar refractivity (Wildman–Crippen MR) is 63.0 cm³/mol. The molecule has 0 N–H and O–H groups in total. The molecule has 0 atom stereocenters. The zero-order chi connectivity index (χ0) is 11.5. The van der Waals surface area contributed by atoms with Crippen LogP contribution in [0.25, 0.3) is 0 Å². The van der Waals surface area contributed by atoms with E-state index in [1.807, 2.05) is 0 Å². The van der Waals surface area contributed by atoms with Gasteiger partial charge in [-0.3, -0.25) is 4.79 Å². The second-order valence-electron chi connectivity index (χ2n) is 3.10. The lowest BCUT2D eigenvalue weighted by molar-refractivity contribution is -0.121. The van der Waals surface area contributed by atoms with Gasteiger partial charge in [0.25, 0.3) is 5.91 Å². The summed E-state index contributed by atoms with van der Waals surface area (Å²) in [6, 6.07) is 6.86. The van der Waals surface area contributed by atoms with Crippen molar-refractivity contribution < 1.29 is 9.53 Å². The molecule has 4 nitrogen and oxygen atoms in total. The zero-order valence-corrected chi connectivity index (χ0v) is 9.70. The molecule has 0 fully saturated rings. The van der Waals surface area contributed by atoms with E-state index in [9.17, 15) is 4.79 Å². The molecule has 1 amide bonds. The highest BCUT2D eigenvalue weighted by Crippen LogP contribution is 2.21. The van der Waals surface area contributed by atoms with Crippen LogP contribution in [0.3, 0.4) is 0 Å². The first kappa shape index (κ1) is 11.2. The first-order chi connectivity index (χ1) is 7.70. The highest BCUT2D eigenvalue weighted by atomic mass is 35.5. The number of rotatable bonds is 2. The van der Waals surface area contributed by atoms with Crippen LogP contribution in [-0.4, -0.2) is 24.3 Å². The second-order valence-corrected chi connectivity index (χ2v) is 3.81. The number of benzene rings is 1. The number of hydrazone groups is 1. The van der Waals surface area contributed by atoms with E-state index in [0.717, 1.165) is 0 Å². The highest BCUT2D eigenvalue weighted by Gasteiger charge is 2.22. The van der Waals surface area contributed by atoms with Crippen LogP contribution in [0.15, 0.2) is 29.4 Å². The number of alkyl halides is 1. The molecule has 1 aromatic carbocycles. The van der Waals surface area contributed by atoms with Gasteiger partial charge in [0.05, 0.1) is 5.69 Å². The minimum absolute atomic E-state index is 0.0575. The Morgan fingerprint density at radius 1 is 1.50 bits per heavy atom. The third-order valence-corrected chi connectivity index (χ3v) is 2.44. The van der Waals surface area contributed by atoms with Crippen LogP contribution in [0.2, 0.25) is 5.02 Å². The quantitative estimate of drug-likeness (QED) is 0.764. The van der Waals surface area contributed by atoms with Gasteiger partial charge < -0.3 is 4.74 Å². The molecule has 1 aliphatic rings. The Morgan fingerprint density at radius 2 is 2.31 bits per heavy atom. The maximum Gasteiger partial charge on any atom is 0.285 e. The number of carbonyl (C=O) groups excluding carboxylic acids is 1. The fourth-order valence-electron chi connectivity index (χ4n) is 1.28. The standard InChI is InChI=1S/C10H8Cl2N2O2/c11-5-9-13-14(10(15)6-16-9)8-3-1-2-7(12)4-8/h1-4H,5-6H2. The number of nitrogens with zero attached hydrogens (tertiary/aromatic N) is 2. The van der Waals surface area contributed by atoms with Crippen molar-refractivity contribution in [3.05, 3.63) is 29.3 Å². The summed E-state index contributed by atoms with van der Waals surface area (Å²) in [6.45, 7) is -0.0575. The fraction of sp³-hybridized carbons (Fsp3) is 0.200. The van der Waals surface area contributed by atoms with Gasteiger partial charge in [-0.25, -0.2) is 0 Å². The molecule has 6 heteroatoms. The fourth-order valence-corrected chi connectivity index (χ4v) is 1.59. The van der Waals surface area contributed by atoms with Crippen LogP contribution in [0.4, 0.5) is 5.69 Å². The molecule has 0 saturated carbocycles. The molecular formula is C10H8Cl2N2O2. The zero-order valence-electron chi connectivity index (χ0n) is 8.19. The molecule has 84 valence electrons. The van der Waals surface area contributed by atoms with Crippen molar-refractivity contribution in [2.24, 2.45) is 5.10 Å². The van der Waals surface area contributed by atoms with Gasteiger partial charge in [0, 0.05) is 5.02 Å². The van der Waals surface area contributed by atoms with Crippen LogP contribution in [0.1, 0.15) is 0 Å². The lowest BCUT2D eigenvalue weighted by Crippen LogP contribution is -2.37. The Labute approximate surface area is 102 Å². The number of carbonyl (C=O) groups is 1. The lowest BCUT2D eigenvalue weighted by Gasteiger charge is -2.23. The molecule has 0 aliphatic carbocycles. The van der Waals surface area contributed by atoms with Gasteiger partial charge >= 0.3 is 0 Å². The summed E-state index contributed by atoms with van der Waals surface area (Å²) in [7, 11) is 0. The summed E-state index contributed by atoms with van der Waals surface area (Å²) < 4.78 is 5.02. The highest BCUT2D eigenvalue weighted by molar-refractivity contribution is 6.31. The van der Waals surface area contributed by atoms with Crippen molar-refractivity contribution >= 4 is 40.7 Å². The molecule has 0 radical (unpaired) electrons. The Balaban J connectivity index is 2.34. The first-order valence-electron chi connectivity index (χ1n) is 4.55. The molecule has 2 rings (SSSR count). The van der Waals surface area contributed by atoms with E-state index in [4.69, 9.17) is 27.9 Å². The summed E-state index contributed by atoms with van der Waals surface area (Å²) in [5.74, 6) is 0.196. The van der Waals surface area contributed by atoms with Gasteiger partial charge in [0.15, 0.2) is 6.61 Å². The molecule has 0 unspecified atom stereocenters. The smallest absolute Gasteiger partial charge is 0.285 e. The van der Waals surface area contributed by atoms with E-state index in [1.54, 1.807) is 24.3 Å². The summed E-state index contributed by atoms with van der Waals surface area (Å²) in [4.78, 5) is 11.6. The number of hydrogen-bond acceptors (Lipinski definition) is 3. The average Bonchev–Trinajstić information content (AvgIpc) is 2.30. The number of hydrogen-bond donors (Lipinski definition) is 0. The summed E-state index contributed by atoms with van der Waals surface area (Å²) in [5, 5.41) is 5.76. The molecule has 0 saturated heterocycles. The minimum atomic E-state index is -0.254. The Bertz CT molecular complexity index is 448. The monoisotopic (exact) mass is 258 g/mol. The van der Waals surface area contributed by atoms with Crippen LogP contribution in [0.5, 0.6) is 0 Å². The van der Waals surface area contributed by atoms with Crippen molar-refractivity contribution in [2.75, 3.05) is 17.5 Å². The molecule has 1 aliphatic heterocycles. The third-order valence-electron chi connectivity index (χ3n) is 1.98. The minimum Gasteiger partial charge on any atom is -0.469 e. The molecule has 0 aromatic heterocycles. The number of amides is 1. The van der Waals surface area contributed by atoms with Crippen molar-refractivity contribution in [1.29, 1.82) is 0 Å². The van der Waals surface area contributed by atoms with Crippen molar-refractivity contribution in [3.8, 4) is 0 Å². The summed E-state index contributed by atoms with van der Waals surface area (Å²) in [6.07, 6.45) is 0. The van der Waals surface area contributed by atoms with E-state index >= 15 is 0 Å². The summed E-state index contributed by atoms with van der Waals surface area (Å²) >= 11 is 11.4. The summed E-state index contributed by atoms with van der Waals surface area (Å²) in [5.41, 5.74) is 0.600. The predicted octanol–water partition coefficient (Wildman–Crippen LogP) is 2.26. The normalized spacial score (nSPS) is 15.8. The Hall–Kier alpha value is -1.26. The van der Waals surface area contributed by atoms with Gasteiger partial charge in [-0.2, -0.15) is 5.01 Å². The van der Waals surface area contributed by atoms with Gasteiger partial charge in [-0.05, 0) is 18.2 Å². The van der Waals surface area contributed by atoms with Crippen molar-refractivity contribution in [3.63, 3.8) is 0 Å². The van der Waals surface area contributed by atoms with E-state index in [0.29, 0.717) is 16.6 Å². The third kappa shape index (κ3) is 2.28. The van der Waals surface area contributed by atoms with Crippen molar-refractivity contribution in [2.45, 2.75) is 0 Å². The molecule has 1 aromatic rings. The number of ether oxygens (including phenoxy) is 1. The first-order valence-corrected chi connectivity index (χ1v) is 5.46. The lowest BCUT2D eigenvalue weighted by atomic mass is 10.3. The number of halogens is 2. The van der Waals surface area contributed by atoms with Gasteiger partial charge in [-0.1, -0.05) is 17.7 Å². The second kappa shape index (κ2) is 4.72.